The zero-order valence-corrected chi connectivity index (χ0v) is 11.5. The fourth-order valence-corrected chi connectivity index (χ4v) is 2.60. The highest BCUT2D eigenvalue weighted by molar-refractivity contribution is 7.99. The van der Waals surface area contributed by atoms with Crippen molar-refractivity contribution >= 4 is 11.8 Å². The van der Waals surface area contributed by atoms with Gasteiger partial charge in [0.05, 0.1) is 11.7 Å². The Bertz CT molecular complexity index is 548. The molecule has 1 atom stereocenters. The first kappa shape index (κ1) is 12.6. The van der Waals surface area contributed by atoms with Crippen LogP contribution in [-0.2, 0) is 0 Å². The monoisotopic (exact) mass is 276 g/mol. The van der Waals surface area contributed by atoms with Gasteiger partial charge in [-0.3, -0.25) is 4.98 Å². The minimum atomic E-state index is 0.0100. The molecule has 100 valence electrons. The number of aromatic nitrogens is 5. The summed E-state index contributed by atoms with van der Waals surface area (Å²) in [6, 6.07) is 4.49. The van der Waals surface area contributed by atoms with Crippen molar-refractivity contribution in [1.29, 1.82) is 0 Å². The molecule has 0 spiro atoms. The molecule has 0 unspecified atom stereocenters. The first-order valence-electron chi connectivity index (χ1n) is 6.45. The van der Waals surface area contributed by atoms with Crippen molar-refractivity contribution in [2.45, 2.75) is 48.3 Å². The standard InChI is InChI=1S/C12H16N6S/c1-2-10(13)11-6-5-9(7-14-11)19-12-15-16-17-18(12)8-3-4-8/h5-8,10H,2-4,13H2,1H3/t10-/m0/s1. The maximum absolute atomic E-state index is 5.95. The first-order chi connectivity index (χ1) is 9.28. The molecule has 0 amide bonds. The zero-order valence-electron chi connectivity index (χ0n) is 10.7. The Morgan fingerprint density at radius 2 is 2.32 bits per heavy atom. The van der Waals surface area contributed by atoms with E-state index in [-0.39, 0.29) is 6.04 Å². The van der Waals surface area contributed by atoms with Crippen LogP contribution in [0, 0.1) is 0 Å². The van der Waals surface area contributed by atoms with E-state index in [4.69, 9.17) is 5.73 Å². The predicted molar refractivity (Wildman–Crippen MR) is 71.7 cm³/mol. The van der Waals surface area contributed by atoms with Crippen LogP contribution in [0.1, 0.15) is 44.0 Å². The Labute approximate surface area is 115 Å². The van der Waals surface area contributed by atoms with Gasteiger partial charge in [0.1, 0.15) is 0 Å². The van der Waals surface area contributed by atoms with E-state index in [1.807, 2.05) is 23.0 Å². The Kier molecular flexibility index (Phi) is 3.48. The number of rotatable bonds is 5. The second kappa shape index (κ2) is 5.26. The van der Waals surface area contributed by atoms with Crippen LogP contribution in [0.25, 0.3) is 0 Å². The van der Waals surface area contributed by atoms with Crippen LogP contribution in [0.5, 0.6) is 0 Å². The molecule has 19 heavy (non-hydrogen) atoms. The van der Waals surface area contributed by atoms with Gasteiger partial charge in [0, 0.05) is 17.1 Å². The topological polar surface area (TPSA) is 82.5 Å². The lowest BCUT2D eigenvalue weighted by Gasteiger charge is -2.08. The molecule has 0 aliphatic heterocycles. The zero-order chi connectivity index (χ0) is 13.2. The number of hydrogen-bond donors (Lipinski definition) is 1. The second-order valence-electron chi connectivity index (χ2n) is 4.67. The van der Waals surface area contributed by atoms with Crippen LogP contribution >= 0.6 is 11.8 Å². The fraction of sp³-hybridized carbons (Fsp3) is 0.500. The molecule has 0 radical (unpaired) electrons. The van der Waals surface area contributed by atoms with E-state index >= 15 is 0 Å². The average Bonchev–Trinajstić information content (AvgIpc) is 3.19. The summed E-state index contributed by atoms with van der Waals surface area (Å²) in [5.74, 6) is 0. The van der Waals surface area contributed by atoms with E-state index in [0.717, 1.165) is 22.2 Å². The van der Waals surface area contributed by atoms with Gasteiger partial charge in [-0.05, 0) is 53.6 Å². The number of pyridine rings is 1. The van der Waals surface area contributed by atoms with Crippen molar-refractivity contribution in [3.8, 4) is 0 Å². The van der Waals surface area contributed by atoms with E-state index in [1.165, 1.54) is 12.8 Å². The molecular weight excluding hydrogens is 260 g/mol. The molecule has 2 aromatic rings. The van der Waals surface area contributed by atoms with Gasteiger partial charge in [-0.1, -0.05) is 6.92 Å². The summed E-state index contributed by atoms with van der Waals surface area (Å²) in [7, 11) is 0. The summed E-state index contributed by atoms with van der Waals surface area (Å²) in [4.78, 5) is 5.43. The molecule has 1 saturated carbocycles. The number of nitrogens with zero attached hydrogens (tertiary/aromatic N) is 5. The lowest BCUT2D eigenvalue weighted by Crippen LogP contribution is -2.10. The molecule has 7 heteroatoms. The SMILES string of the molecule is CC[C@H](N)c1ccc(Sc2nnnn2C2CC2)cn1. The molecule has 1 aliphatic rings. The largest absolute Gasteiger partial charge is 0.323 e. The van der Waals surface area contributed by atoms with Crippen molar-refractivity contribution in [3.05, 3.63) is 24.0 Å². The van der Waals surface area contributed by atoms with Crippen LogP contribution in [0.15, 0.2) is 28.4 Å². The maximum Gasteiger partial charge on any atom is 0.214 e. The molecule has 0 bridgehead atoms. The summed E-state index contributed by atoms with van der Waals surface area (Å²) in [5, 5.41) is 12.7. The molecule has 2 N–H and O–H groups in total. The van der Waals surface area contributed by atoms with Crippen molar-refractivity contribution in [1.82, 2.24) is 25.2 Å². The van der Waals surface area contributed by atoms with Crippen molar-refractivity contribution < 1.29 is 0 Å². The molecular formula is C12H16N6S. The summed E-state index contributed by atoms with van der Waals surface area (Å²) >= 11 is 1.54. The third-order valence-electron chi connectivity index (χ3n) is 3.14. The van der Waals surface area contributed by atoms with E-state index in [2.05, 4.69) is 27.4 Å². The Balaban J connectivity index is 1.74. The van der Waals surface area contributed by atoms with E-state index in [9.17, 15) is 0 Å². The van der Waals surface area contributed by atoms with Crippen LogP contribution in [0.4, 0.5) is 0 Å². The predicted octanol–water partition coefficient (Wildman–Crippen LogP) is 1.96. The minimum absolute atomic E-state index is 0.0100. The van der Waals surface area contributed by atoms with Crippen LogP contribution in [-0.4, -0.2) is 25.2 Å². The fourth-order valence-electron chi connectivity index (χ4n) is 1.79. The van der Waals surface area contributed by atoms with Gasteiger partial charge in [-0.25, -0.2) is 4.68 Å². The third-order valence-corrected chi connectivity index (χ3v) is 4.07. The van der Waals surface area contributed by atoms with Gasteiger partial charge in [0.25, 0.3) is 0 Å². The van der Waals surface area contributed by atoms with Crippen LogP contribution in [0.2, 0.25) is 0 Å². The molecule has 1 fully saturated rings. The van der Waals surface area contributed by atoms with Crippen molar-refractivity contribution in [3.63, 3.8) is 0 Å². The molecule has 2 heterocycles. The van der Waals surface area contributed by atoms with Crippen LogP contribution < -0.4 is 5.73 Å². The molecule has 0 saturated heterocycles. The summed E-state index contributed by atoms with van der Waals surface area (Å²) < 4.78 is 1.90. The van der Waals surface area contributed by atoms with E-state index < -0.39 is 0 Å². The van der Waals surface area contributed by atoms with E-state index in [1.54, 1.807) is 11.8 Å². The maximum atomic E-state index is 5.95. The Morgan fingerprint density at radius 3 is 2.95 bits per heavy atom. The van der Waals surface area contributed by atoms with E-state index in [0.29, 0.717) is 6.04 Å². The highest BCUT2D eigenvalue weighted by atomic mass is 32.2. The van der Waals surface area contributed by atoms with Crippen LogP contribution in [0.3, 0.4) is 0 Å². The summed E-state index contributed by atoms with van der Waals surface area (Å²) in [6.07, 6.45) is 5.06. The van der Waals surface area contributed by atoms with Gasteiger partial charge in [0.15, 0.2) is 0 Å². The van der Waals surface area contributed by atoms with Crippen molar-refractivity contribution in [2.24, 2.45) is 5.73 Å². The highest BCUT2D eigenvalue weighted by Crippen LogP contribution is 2.37. The highest BCUT2D eigenvalue weighted by Gasteiger charge is 2.28. The quantitative estimate of drug-likeness (QED) is 0.899. The molecule has 0 aromatic carbocycles. The Hall–Kier alpha value is -1.47. The van der Waals surface area contributed by atoms with Crippen molar-refractivity contribution in [2.75, 3.05) is 0 Å². The summed E-state index contributed by atoms with van der Waals surface area (Å²) in [5.41, 5.74) is 6.87. The molecule has 2 aromatic heterocycles. The normalized spacial score (nSPS) is 16.5. The number of tetrazole rings is 1. The number of nitrogens with two attached hydrogens (primary N) is 1. The van der Waals surface area contributed by atoms with Gasteiger partial charge in [-0.15, -0.1) is 5.10 Å². The number of hydrogen-bond acceptors (Lipinski definition) is 6. The first-order valence-corrected chi connectivity index (χ1v) is 7.27. The average molecular weight is 276 g/mol. The minimum Gasteiger partial charge on any atom is -0.323 e. The molecule has 6 nitrogen and oxygen atoms in total. The molecule has 3 rings (SSSR count). The second-order valence-corrected chi connectivity index (χ2v) is 5.71. The lowest BCUT2D eigenvalue weighted by molar-refractivity contribution is 0.565. The molecule has 1 aliphatic carbocycles. The lowest BCUT2D eigenvalue weighted by atomic mass is 10.1. The summed E-state index contributed by atoms with van der Waals surface area (Å²) in [6.45, 7) is 2.05. The Morgan fingerprint density at radius 1 is 1.47 bits per heavy atom. The van der Waals surface area contributed by atoms with Gasteiger partial charge in [0.2, 0.25) is 5.16 Å². The van der Waals surface area contributed by atoms with Gasteiger partial charge < -0.3 is 5.73 Å². The van der Waals surface area contributed by atoms with Gasteiger partial charge >= 0.3 is 0 Å². The smallest absolute Gasteiger partial charge is 0.214 e. The third kappa shape index (κ3) is 2.76. The van der Waals surface area contributed by atoms with Gasteiger partial charge in [-0.2, -0.15) is 0 Å².